The van der Waals surface area contributed by atoms with Gasteiger partial charge in [0.2, 0.25) is 0 Å². The van der Waals surface area contributed by atoms with Crippen LogP contribution in [0.2, 0.25) is 0 Å². The van der Waals surface area contributed by atoms with Crippen molar-refractivity contribution in [3.05, 3.63) is 108 Å². The smallest absolute Gasteiger partial charge is 0.321 e. The van der Waals surface area contributed by atoms with E-state index in [0.29, 0.717) is 6.42 Å². The molecule has 0 unspecified atom stereocenters. The molecule has 0 fully saturated rings. The second-order valence-corrected chi connectivity index (χ2v) is 8.45. The molecule has 1 N–H and O–H groups in total. The summed E-state index contributed by atoms with van der Waals surface area (Å²) in [7, 11) is 0. The van der Waals surface area contributed by atoms with Gasteiger partial charge in [0.25, 0.3) is 0 Å². The Bertz CT molecular complexity index is 872. The van der Waals surface area contributed by atoms with E-state index >= 15 is 0 Å². The third kappa shape index (κ3) is 7.06. The highest BCUT2D eigenvalue weighted by molar-refractivity contribution is 5.74. The maximum Gasteiger partial charge on any atom is 0.321 e. The summed E-state index contributed by atoms with van der Waals surface area (Å²) >= 11 is 0. The van der Waals surface area contributed by atoms with Crippen LogP contribution in [0.25, 0.3) is 0 Å². The Morgan fingerprint density at radius 2 is 1.31 bits per heavy atom. The van der Waals surface area contributed by atoms with Crippen molar-refractivity contribution in [2.45, 2.75) is 51.0 Å². The standard InChI is InChI=1S/C29H35NO2/c1-2-3-13-21-30(28(29(31)32)23-24-14-7-4-8-15-24)22-20-27(25-16-9-5-10-17-25)26-18-11-6-12-19-26/h4-12,14-19,27-28H,2-3,13,20-23H2,1H3,(H,31,32)/t28-/m0/s1. The van der Waals surface area contributed by atoms with Gasteiger partial charge in [0.05, 0.1) is 0 Å². The zero-order valence-electron chi connectivity index (χ0n) is 19.1. The van der Waals surface area contributed by atoms with Gasteiger partial charge >= 0.3 is 5.97 Å². The highest BCUT2D eigenvalue weighted by Crippen LogP contribution is 2.28. The summed E-state index contributed by atoms with van der Waals surface area (Å²) in [5.74, 6) is -0.487. The van der Waals surface area contributed by atoms with Gasteiger partial charge in [-0.3, -0.25) is 9.69 Å². The first-order chi connectivity index (χ1) is 15.7. The summed E-state index contributed by atoms with van der Waals surface area (Å²) in [6, 6.07) is 30.6. The van der Waals surface area contributed by atoms with Gasteiger partial charge in [-0.2, -0.15) is 0 Å². The van der Waals surface area contributed by atoms with Gasteiger partial charge in [0, 0.05) is 5.92 Å². The van der Waals surface area contributed by atoms with Gasteiger partial charge < -0.3 is 5.11 Å². The number of carbonyl (C=O) groups is 1. The third-order valence-electron chi connectivity index (χ3n) is 6.16. The lowest BCUT2D eigenvalue weighted by Gasteiger charge is -2.31. The van der Waals surface area contributed by atoms with Crippen LogP contribution >= 0.6 is 0 Å². The van der Waals surface area contributed by atoms with E-state index < -0.39 is 12.0 Å². The number of benzene rings is 3. The molecule has 0 saturated heterocycles. The Hall–Kier alpha value is -2.91. The summed E-state index contributed by atoms with van der Waals surface area (Å²) in [4.78, 5) is 14.5. The monoisotopic (exact) mass is 429 g/mol. The van der Waals surface area contributed by atoms with Crippen LogP contribution in [0.5, 0.6) is 0 Å². The normalized spacial score (nSPS) is 12.2. The summed E-state index contributed by atoms with van der Waals surface area (Å²) in [5, 5.41) is 10.1. The lowest BCUT2D eigenvalue weighted by Crippen LogP contribution is -2.44. The molecule has 3 aromatic carbocycles. The highest BCUT2D eigenvalue weighted by Gasteiger charge is 2.27. The molecule has 0 heterocycles. The maximum absolute atomic E-state index is 12.3. The topological polar surface area (TPSA) is 40.5 Å². The number of carboxylic acid groups (broad SMARTS) is 1. The predicted octanol–water partition coefficient (Wildman–Crippen LogP) is 6.40. The molecule has 3 heteroatoms. The zero-order chi connectivity index (χ0) is 22.6. The first-order valence-corrected chi connectivity index (χ1v) is 11.8. The molecule has 0 saturated carbocycles. The van der Waals surface area contributed by atoms with E-state index in [0.717, 1.165) is 44.3 Å². The second kappa shape index (κ2) is 12.8. The minimum atomic E-state index is -0.735. The van der Waals surface area contributed by atoms with Crippen LogP contribution in [0.15, 0.2) is 91.0 Å². The average molecular weight is 430 g/mol. The molecule has 0 aliphatic carbocycles. The molecule has 0 bridgehead atoms. The molecule has 0 radical (unpaired) electrons. The Balaban J connectivity index is 1.81. The lowest BCUT2D eigenvalue weighted by atomic mass is 9.88. The van der Waals surface area contributed by atoms with Crippen molar-refractivity contribution in [2.75, 3.05) is 13.1 Å². The first kappa shape index (κ1) is 23.7. The van der Waals surface area contributed by atoms with Crippen LogP contribution in [0.3, 0.4) is 0 Å². The van der Waals surface area contributed by atoms with Gasteiger partial charge in [-0.15, -0.1) is 0 Å². The van der Waals surface area contributed by atoms with Crippen LogP contribution in [0.1, 0.15) is 55.2 Å². The number of nitrogens with zero attached hydrogens (tertiary/aromatic N) is 1. The fraction of sp³-hybridized carbons (Fsp3) is 0.345. The van der Waals surface area contributed by atoms with Crippen molar-refractivity contribution >= 4 is 5.97 Å². The molecule has 3 aromatic rings. The number of carboxylic acids is 1. The van der Waals surface area contributed by atoms with Crippen LogP contribution in [0.4, 0.5) is 0 Å². The van der Waals surface area contributed by atoms with E-state index in [1.54, 1.807) is 0 Å². The van der Waals surface area contributed by atoms with Crippen LogP contribution in [-0.4, -0.2) is 35.1 Å². The van der Waals surface area contributed by atoms with E-state index in [9.17, 15) is 9.90 Å². The van der Waals surface area contributed by atoms with E-state index in [1.165, 1.54) is 11.1 Å². The minimum Gasteiger partial charge on any atom is -0.480 e. The Labute approximate surface area is 192 Å². The predicted molar refractivity (Wildman–Crippen MR) is 132 cm³/mol. The molecule has 3 nitrogen and oxygen atoms in total. The molecule has 0 spiro atoms. The van der Waals surface area contributed by atoms with E-state index in [1.807, 2.05) is 42.5 Å². The van der Waals surface area contributed by atoms with Crippen LogP contribution in [0, 0.1) is 0 Å². The van der Waals surface area contributed by atoms with Gasteiger partial charge in [0.1, 0.15) is 6.04 Å². The second-order valence-electron chi connectivity index (χ2n) is 8.45. The number of unbranched alkanes of at least 4 members (excludes halogenated alkanes) is 2. The number of hydrogen-bond donors (Lipinski definition) is 1. The first-order valence-electron chi connectivity index (χ1n) is 11.8. The molecule has 0 aliphatic heterocycles. The summed E-state index contributed by atoms with van der Waals surface area (Å²) in [5.41, 5.74) is 3.63. The zero-order valence-corrected chi connectivity index (χ0v) is 19.1. The molecule has 0 aromatic heterocycles. The maximum atomic E-state index is 12.3. The summed E-state index contributed by atoms with van der Waals surface area (Å²) < 4.78 is 0. The van der Waals surface area contributed by atoms with Crippen molar-refractivity contribution in [3.63, 3.8) is 0 Å². The van der Waals surface area contributed by atoms with Gasteiger partial charge in [-0.05, 0) is 49.0 Å². The minimum absolute atomic E-state index is 0.247. The summed E-state index contributed by atoms with van der Waals surface area (Å²) in [6.07, 6.45) is 4.69. The quantitative estimate of drug-likeness (QED) is 0.320. The van der Waals surface area contributed by atoms with Gasteiger partial charge in [-0.25, -0.2) is 0 Å². The number of rotatable bonds is 13. The van der Waals surface area contributed by atoms with Crippen molar-refractivity contribution in [1.82, 2.24) is 4.90 Å². The van der Waals surface area contributed by atoms with E-state index in [-0.39, 0.29) is 5.92 Å². The Morgan fingerprint density at radius 3 is 1.81 bits per heavy atom. The van der Waals surface area contributed by atoms with Crippen molar-refractivity contribution in [3.8, 4) is 0 Å². The number of aliphatic carboxylic acids is 1. The molecule has 0 amide bonds. The van der Waals surface area contributed by atoms with Gasteiger partial charge in [0.15, 0.2) is 0 Å². The fourth-order valence-electron chi connectivity index (χ4n) is 4.39. The van der Waals surface area contributed by atoms with Gasteiger partial charge in [-0.1, -0.05) is 111 Å². The van der Waals surface area contributed by atoms with Crippen LogP contribution < -0.4 is 0 Å². The SMILES string of the molecule is CCCCCN(CCC(c1ccccc1)c1ccccc1)[C@@H](Cc1ccccc1)C(=O)O. The molecule has 168 valence electrons. The molecular weight excluding hydrogens is 394 g/mol. The third-order valence-corrected chi connectivity index (χ3v) is 6.16. The largest absolute Gasteiger partial charge is 0.480 e. The fourth-order valence-corrected chi connectivity index (χ4v) is 4.39. The van der Waals surface area contributed by atoms with E-state index in [4.69, 9.17) is 0 Å². The van der Waals surface area contributed by atoms with E-state index in [2.05, 4.69) is 60.4 Å². The summed E-state index contributed by atoms with van der Waals surface area (Å²) in [6.45, 7) is 3.75. The Kier molecular flexibility index (Phi) is 9.52. The number of hydrogen-bond acceptors (Lipinski definition) is 2. The molecule has 3 rings (SSSR count). The highest BCUT2D eigenvalue weighted by atomic mass is 16.4. The Morgan fingerprint density at radius 1 is 0.781 bits per heavy atom. The molecule has 32 heavy (non-hydrogen) atoms. The molecule has 1 atom stereocenters. The average Bonchev–Trinajstić information content (AvgIpc) is 2.84. The van der Waals surface area contributed by atoms with Crippen molar-refractivity contribution in [1.29, 1.82) is 0 Å². The van der Waals surface area contributed by atoms with Crippen molar-refractivity contribution < 1.29 is 9.90 Å². The van der Waals surface area contributed by atoms with Crippen LogP contribution in [-0.2, 0) is 11.2 Å². The molecule has 0 aliphatic rings. The molecular formula is C29H35NO2. The lowest BCUT2D eigenvalue weighted by molar-refractivity contribution is -0.143. The van der Waals surface area contributed by atoms with Crippen molar-refractivity contribution in [2.24, 2.45) is 0 Å².